The Hall–Kier alpha value is -2.37. The number of hydrogen-bond acceptors (Lipinski definition) is 3. The van der Waals surface area contributed by atoms with Crippen molar-refractivity contribution in [2.75, 3.05) is 17.2 Å². The Labute approximate surface area is 139 Å². The molecule has 0 atom stereocenters. The van der Waals surface area contributed by atoms with Gasteiger partial charge in [-0.1, -0.05) is 29.8 Å². The van der Waals surface area contributed by atoms with Crippen molar-refractivity contribution in [1.82, 2.24) is 0 Å². The van der Waals surface area contributed by atoms with Gasteiger partial charge in [0.2, 0.25) is 5.91 Å². The zero-order chi connectivity index (χ0) is 16.8. The minimum absolute atomic E-state index is 0.167. The number of carbonyl (C=O) groups is 2. The number of amides is 2. The molecule has 23 heavy (non-hydrogen) atoms. The first kappa shape index (κ1) is 17.0. The van der Waals surface area contributed by atoms with Crippen LogP contribution in [0.4, 0.5) is 11.4 Å². The van der Waals surface area contributed by atoms with Crippen molar-refractivity contribution in [2.45, 2.75) is 13.3 Å². The molecule has 0 saturated carbocycles. The molecular weight excluding hydrogens is 314 g/mol. The average Bonchev–Trinajstić information content (AvgIpc) is 2.51. The van der Waals surface area contributed by atoms with Gasteiger partial charge in [-0.15, -0.1) is 0 Å². The van der Waals surface area contributed by atoms with E-state index in [2.05, 4.69) is 10.6 Å². The van der Waals surface area contributed by atoms with E-state index < -0.39 is 0 Å². The van der Waals surface area contributed by atoms with E-state index in [9.17, 15) is 9.59 Å². The van der Waals surface area contributed by atoms with Gasteiger partial charge in [0.05, 0.1) is 10.6 Å². The highest BCUT2D eigenvalue weighted by Gasteiger charge is 2.12. The van der Waals surface area contributed by atoms with E-state index in [0.717, 1.165) is 5.56 Å². The Morgan fingerprint density at radius 3 is 2.57 bits per heavy atom. The van der Waals surface area contributed by atoms with Gasteiger partial charge in [0.25, 0.3) is 5.91 Å². The van der Waals surface area contributed by atoms with Gasteiger partial charge in [0.1, 0.15) is 0 Å². The lowest BCUT2D eigenvalue weighted by Crippen LogP contribution is -2.17. The molecule has 2 rings (SSSR count). The van der Waals surface area contributed by atoms with Crippen molar-refractivity contribution in [2.24, 2.45) is 5.73 Å². The van der Waals surface area contributed by atoms with Crippen LogP contribution in [0.5, 0.6) is 0 Å². The van der Waals surface area contributed by atoms with Crippen molar-refractivity contribution in [3.05, 3.63) is 58.6 Å². The summed E-state index contributed by atoms with van der Waals surface area (Å²) in [6.07, 6.45) is 0.245. The number of rotatable bonds is 5. The zero-order valence-corrected chi connectivity index (χ0v) is 13.5. The van der Waals surface area contributed by atoms with Crippen LogP contribution in [0.25, 0.3) is 0 Å². The minimum atomic E-state index is -0.302. The molecule has 0 spiro atoms. The SMILES string of the molecule is Cc1ccc(NC(=O)CCN)cc1NC(=O)c1ccccc1Cl. The number of nitrogens with two attached hydrogens (primary N) is 1. The van der Waals surface area contributed by atoms with Gasteiger partial charge in [-0.25, -0.2) is 0 Å². The van der Waals surface area contributed by atoms with Crippen molar-refractivity contribution in [3.8, 4) is 0 Å². The standard InChI is InChI=1S/C17H18ClN3O2/c1-11-6-7-12(20-16(22)8-9-19)10-15(11)21-17(23)13-4-2-3-5-14(13)18/h2-7,10H,8-9,19H2,1H3,(H,20,22)(H,21,23). The number of aryl methyl sites for hydroxylation is 1. The van der Waals surface area contributed by atoms with Crippen molar-refractivity contribution >= 4 is 34.8 Å². The minimum Gasteiger partial charge on any atom is -0.330 e. The van der Waals surface area contributed by atoms with Gasteiger partial charge in [-0.05, 0) is 36.8 Å². The highest BCUT2D eigenvalue weighted by molar-refractivity contribution is 6.34. The van der Waals surface area contributed by atoms with Crippen molar-refractivity contribution in [3.63, 3.8) is 0 Å². The maximum atomic E-state index is 12.3. The normalized spacial score (nSPS) is 10.2. The fourth-order valence-electron chi connectivity index (χ4n) is 2.02. The lowest BCUT2D eigenvalue weighted by molar-refractivity contribution is -0.116. The van der Waals surface area contributed by atoms with E-state index in [1.54, 1.807) is 36.4 Å². The largest absolute Gasteiger partial charge is 0.330 e. The van der Waals surface area contributed by atoms with Crippen molar-refractivity contribution < 1.29 is 9.59 Å². The van der Waals surface area contributed by atoms with E-state index in [1.165, 1.54) is 0 Å². The van der Waals surface area contributed by atoms with E-state index in [-0.39, 0.29) is 24.8 Å². The van der Waals surface area contributed by atoms with Crippen LogP contribution in [0.1, 0.15) is 22.3 Å². The second kappa shape index (κ2) is 7.76. The Kier molecular flexibility index (Phi) is 5.73. The molecule has 0 aliphatic heterocycles. The summed E-state index contributed by atoms with van der Waals surface area (Å²) < 4.78 is 0. The quantitative estimate of drug-likeness (QED) is 0.786. The molecule has 0 aliphatic rings. The Morgan fingerprint density at radius 1 is 1.13 bits per heavy atom. The van der Waals surface area contributed by atoms with Crippen LogP contribution in [-0.2, 0) is 4.79 Å². The molecule has 0 saturated heterocycles. The second-order valence-corrected chi connectivity index (χ2v) is 5.46. The number of carbonyl (C=O) groups excluding carboxylic acids is 2. The maximum absolute atomic E-state index is 12.3. The average molecular weight is 332 g/mol. The van der Waals surface area contributed by atoms with Gasteiger partial charge in [-0.2, -0.15) is 0 Å². The molecule has 0 aromatic heterocycles. The molecule has 0 aliphatic carbocycles. The molecule has 120 valence electrons. The summed E-state index contributed by atoms with van der Waals surface area (Å²) >= 11 is 6.03. The van der Waals surface area contributed by atoms with Crippen LogP contribution in [-0.4, -0.2) is 18.4 Å². The first-order valence-corrected chi connectivity index (χ1v) is 7.55. The number of benzene rings is 2. The third-order valence-corrected chi connectivity index (χ3v) is 3.59. The van der Waals surface area contributed by atoms with Crippen LogP contribution < -0.4 is 16.4 Å². The van der Waals surface area contributed by atoms with Gasteiger partial charge in [0, 0.05) is 24.3 Å². The smallest absolute Gasteiger partial charge is 0.257 e. The second-order valence-electron chi connectivity index (χ2n) is 5.05. The van der Waals surface area contributed by atoms with E-state index in [1.807, 2.05) is 13.0 Å². The summed E-state index contributed by atoms with van der Waals surface area (Å²) in [5.74, 6) is -0.469. The Morgan fingerprint density at radius 2 is 1.87 bits per heavy atom. The monoisotopic (exact) mass is 331 g/mol. The summed E-state index contributed by atoms with van der Waals surface area (Å²) in [6.45, 7) is 2.15. The number of nitrogens with one attached hydrogen (secondary N) is 2. The topological polar surface area (TPSA) is 84.2 Å². The molecule has 5 nitrogen and oxygen atoms in total. The molecule has 2 aromatic rings. The van der Waals surface area contributed by atoms with Crippen LogP contribution in [0.2, 0.25) is 5.02 Å². The summed E-state index contributed by atoms with van der Waals surface area (Å²) in [6, 6.07) is 12.1. The third kappa shape index (κ3) is 4.55. The Balaban J connectivity index is 2.17. The molecular formula is C17H18ClN3O2. The molecule has 0 radical (unpaired) electrons. The summed E-state index contributed by atoms with van der Waals surface area (Å²) in [4.78, 5) is 23.9. The van der Waals surface area contributed by atoms with E-state index >= 15 is 0 Å². The molecule has 0 fully saturated rings. The molecule has 2 aromatic carbocycles. The number of halogens is 1. The number of hydrogen-bond donors (Lipinski definition) is 3. The molecule has 0 heterocycles. The molecule has 0 bridgehead atoms. The summed E-state index contributed by atoms with van der Waals surface area (Å²) in [5, 5.41) is 5.94. The fraction of sp³-hybridized carbons (Fsp3) is 0.176. The van der Waals surface area contributed by atoms with Crippen LogP contribution in [0, 0.1) is 6.92 Å². The number of anilines is 2. The third-order valence-electron chi connectivity index (χ3n) is 3.26. The van der Waals surface area contributed by atoms with Gasteiger partial charge >= 0.3 is 0 Å². The summed E-state index contributed by atoms with van der Waals surface area (Å²) in [5.41, 5.74) is 7.83. The fourth-order valence-corrected chi connectivity index (χ4v) is 2.25. The van der Waals surface area contributed by atoms with Crippen molar-refractivity contribution in [1.29, 1.82) is 0 Å². The highest BCUT2D eigenvalue weighted by Crippen LogP contribution is 2.23. The molecule has 0 unspecified atom stereocenters. The first-order valence-electron chi connectivity index (χ1n) is 7.17. The zero-order valence-electron chi connectivity index (χ0n) is 12.7. The van der Waals surface area contributed by atoms with Gasteiger partial charge in [0.15, 0.2) is 0 Å². The lowest BCUT2D eigenvalue weighted by atomic mass is 10.1. The predicted octanol–water partition coefficient (Wildman–Crippen LogP) is 3.19. The maximum Gasteiger partial charge on any atom is 0.257 e. The highest BCUT2D eigenvalue weighted by atomic mass is 35.5. The van der Waals surface area contributed by atoms with Gasteiger partial charge < -0.3 is 16.4 Å². The molecule has 6 heteroatoms. The van der Waals surface area contributed by atoms with Gasteiger partial charge in [-0.3, -0.25) is 9.59 Å². The van der Waals surface area contributed by atoms with Crippen LogP contribution >= 0.6 is 11.6 Å². The van der Waals surface area contributed by atoms with E-state index in [4.69, 9.17) is 17.3 Å². The van der Waals surface area contributed by atoms with Crippen LogP contribution in [0.3, 0.4) is 0 Å². The molecule has 2 amide bonds. The van der Waals surface area contributed by atoms with E-state index in [0.29, 0.717) is 22.0 Å². The lowest BCUT2D eigenvalue weighted by Gasteiger charge is -2.12. The Bertz CT molecular complexity index is 732. The summed E-state index contributed by atoms with van der Waals surface area (Å²) in [7, 11) is 0. The first-order chi connectivity index (χ1) is 11.0. The predicted molar refractivity (Wildman–Crippen MR) is 92.9 cm³/mol. The molecule has 4 N–H and O–H groups in total. The van der Waals surface area contributed by atoms with Crippen LogP contribution in [0.15, 0.2) is 42.5 Å².